The Hall–Kier alpha value is -2.40. The quantitative estimate of drug-likeness (QED) is 0.598. The van der Waals surface area contributed by atoms with E-state index in [-0.39, 0.29) is 24.1 Å². The Morgan fingerprint density at radius 1 is 1.18 bits per heavy atom. The van der Waals surface area contributed by atoms with Crippen molar-refractivity contribution in [3.8, 4) is 0 Å². The van der Waals surface area contributed by atoms with Crippen molar-refractivity contribution in [2.45, 2.75) is 12.3 Å². The van der Waals surface area contributed by atoms with Crippen LogP contribution in [0.15, 0.2) is 54.6 Å². The van der Waals surface area contributed by atoms with Gasteiger partial charge in [-0.3, -0.25) is 15.5 Å². The van der Waals surface area contributed by atoms with Gasteiger partial charge in [0.05, 0.1) is 5.92 Å². The van der Waals surface area contributed by atoms with Gasteiger partial charge in [0.15, 0.2) is 5.96 Å². The summed E-state index contributed by atoms with van der Waals surface area (Å²) in [6.45, 7) is 0. The molecule has 1 amide bonds. The van der Waals surface area contributed by atoms with Crippen LogP contribution in [0.3, 0.4) is 0 Å². The lowest BCUT2D eigenvalue weighted by Gasteiger charge is -2.17. The van der Waals surface area contributed by atoms with E-state index in [2.05, 4.69) is 5.32 Å². The number of rotatable bonds is 4. The highest BCUT2D eigenvalue weighted by atomic mass is 35.5. The topological polar surface area (TPSA) is 79.0 Å². The molecule has 1 atom stereocenters. The van der Waals surface area contributed by atoms with Crippen LogP contribution < -0.4 is 11.1 Å². The summed E-state index contributed by atoms with van der Waals surface area (Å²) in [6, 6.07) is 15.3. The monoisotopic (exact) mass is 321 g/mol. The Labute approximate surface area is 134 Å². The molecule has 0 aliphatic rings. The van der Waals surface area contributed by atoms with Crippen molar-refractivity contribution in [3.05, 3.63) is 71.5 Å². The Kier molecular flexibility index (Phi) is 6.53. The van der Waals surface area contributed by atoms with Crippen molar-refractivity contribution in [1.82, 2.24) is 5.32 Å². The average molecular weight is 322 g/mol. The molecule has 4 nitrogen and oxygen atoms in total. The molecule has 0 saturated carbocycles. The summed E-state index contributed by atoms with van der Waals surface area (Å²) >= 11 is 0. The second-order valence-electron chi connectivity index (χ2n) is 4.70. The minimum Gasteiger partial charge on any atom is -0.370 e. The predicted molar refractivity (Wildman–Crippen MR) is 86.6 cm³/mol. The number of nitrogens with two attached hydrogens (primary N) is 1. The highest BCUT2D eigenvalue weighted by Crippen LogP contribution is 2.21. The number of guanidine groups is 1. The SMILES string of the molecule is Cl.N=C(N)NC(=O)C(Cc1cccc(F)c1)c1ccccc1. The molecule has 4 N–H and O–H groups in total. The molecule has 0 saturated heterocycles. The molecular weight excluding hydrogens is 305 g/mol. The van der Waals surface area contributed by atoms with E-state index >= 15 is 0 Å². The number of carbonyl (C=O) groups excluding carboxylic acids is 1. The smallest absolute Gasteiger partial charge is 0.234 e. The van der Waals surface area contributed by atoms with Gasteiger partial charge in [-0.2, -0.15) is 0 Å². The first-order valence-electron chi connectivity index (χ1n) is 6.50. The van der Waals surface area contributed by atoms with Crippen LogP contribution in [0.4, 0.5) is 4.39 Å². The van der Waals surface area contributed by atoms with Gasteiger partial charge in [-0.1, -0.05) is 42.5 Å². The zero-order chi connectivity index (χ0) is 15.2. The van der Waals surface area contributed by atoms with Crippen molar-refractivity contribution in [3.63, 3.8) is 0 Å². The number of benzene rings is 2. The minimum atomic E-state index is -0.531. The zero-order valence-electron chi connectivity index (χ0n) is 11.8. The van der Waals surface area contributed by atoms with Gasteiger partial charge in [0.1, 0.15) is 5.82 Å². The van der Waals surface area contributed by atoms with Crippen LogP contribution in [0, 0.1) is 11.2 Å². The average Bonchev–Trinajstić information content (AvgIpc) is 2.45. The van der Waals surface area contributed by atoms with Crippen LogP contribution >= 0.6 is 12.4 Å². The lowest BCUT2D eigenvalue weighted by atomic mass is 9.91. The van der Waals surface area contributed by atoms with E-state index in [1.165, 1.54) is 12.1 Å². The first-order valence-corrected chi connectivity index (χ1v) is 6.50. The first-order chi connectivity index (χ1) is 10.1. The van der Waals surface area contributed by atoms with E-state index in [0.29, 0.717) is 12.0 Å². The molecule has 6 heteroatoms. The van der Waals surface area contributed by atoms with Gasteiger partial charge in [-0.15, -0.1) is 12.4 Å². The number of hydrogen-bond acceptors (Lipinski definition) is 2. The van der Waals surface area contributed by atoms with Crippen molar-refractivity contribution < 1.29 is 9.18 Å². The molecule has 0 bridgehead atoms. The van der Waals surface area contributed by atoms with E-state index in [0.717, 1.165) is 5.56 Å². The van der Waals surface area contributed by atoms with Crippen molar-refractivity contribution >= 4 is 24.3 Å². The maximum atomic E-state index is 13.3. The Bertz CT molecular complexity index is 649. The Balaban J connectivity index is 0.00000242. The zero-order valence-corrected chi connectivity index (χ0v) is 12.6. The summed E-state index contributed by atoms with van der Waals surface area (Å²) < 4.78 is 13.3. The first kappa shape index (κ1) is 17.7. The van der Waals surface area contributed by atoms with Crippen LogP contribution in [0.5, 0.6) is 0 Å². The molecule has 1 unspecified atom stereocenters. The number of hydrogen-bond donors (Lipinski definition) is 3. The summed E-state index contributed by atoms with van der Waals surface area (Å²) in [7, 11) is 0. The summed E-state index contributed by atoms with van der Waals surface area (Å²) in [5.74, 6) is -1.65. The number of carbonyl (C=O) groups is 1. The van der Waals surface area contributed by atoms with Gasteiger partial charge in [0, 0.05) is 0 Å². The third kappa shape index (κ3) is 4.86. The van der Waals surface area contributed by atoms with Gasteiger partial charge in [0.25, 0.3) is 0 Å². The fraction of sp³-hybridized carbons (Fsp3) is 0.125. The second-order valence-corrected chi connectivity index (χ2v) is 4.70. The van der Waals surface area contributed by atoms with Crippen LogP contribution in [-0.4, -0.2) is 11.9 Å². The van der Waals surface area contributed by atoms with E-state index < -0.39 is 11.9 Å². The highest BCUT2D eigenvalue weighted by Gasteiger charge is 2.21. The normalized spacial score (nSPS) is 11.1. The molecule has 2 aromatic rings. The van der Waals surface area contributed by atoms with Crippen molar-refractivity contribution in [2.24, 2.45) is 5.73 Å². The minimum absolute atomic E-state index is 0. The molecule has 0 heterocycles. The van der Waals surface area contributed by atoms with E-state index in [4.69, 9.17) is 11.1 Å². The maximum Gasteiger partial charge on any atom is 0.234 e. The maximum absolute atomic E-state index is 13.3. The van der Waals surface area contributed by atoms with E-state index in [9.17, 15) is 9.18 Å². The highest BCUT2D eigenvalue weighted by molar-refractivity contribution is 5.98. The Morgan fingerprint density at radius 2 is 1.86 bits per heavy atom. The summed E-state index contributed by atoms with van der Waals surface area (Å²) in [5, 5.41) is 9.48. The van der Waals surface area contributed by atoms with Gasteiger partial charge < -0.3 is 5.73 Å². The molecule has 116 valence electrons. The number of amides is 1. The van der Waals surface area contributed by atoms with Gasteiger partial charge in [-0.25, -0.2) is 4.39 Å². The van der Waals surface area contributed by atoms with Gasteiger partial charge >= 0.3 is 0 Å². The van der Waals surface area contributed by atoms with Crippen LogP contribution in [0.25, 0.3) is 0 Å². The standard InChI is InChI=1S/C16H16FN3O.ClH/c17-13-8-4-5-11(9-13)10-14(15(21)20-16(18)19)12-6-2-1-3-7-12;/h1-9,14H,10H2,(H4,18,19,20,21);1H. The molecular formula is C16H17ClFN3O. The molecule has 0 aliphatic carbocycles. The molecule has 0 aliphatic heterocycles. The molecule has 0 aromatic heterocycles. The lowest BCUT2D eigenvalue weighted by molar-refractivity contribution is -0.121. The van der Waals surface area contributed by atoms with Crippen molar-refractivity contribution in [2.75, 3.05) is 0 Å². The number of nitrogens with one attached hydrogen (secondary N) is 2. The second kappa shape index (κ2) is 8.14. The summed E-state index contributed by atoms with van der Waals surface area (Å²) in [4.78, 5) is 12.2. The van der Waals surface area contributed by atoms with E-state index in [1.807, 2.05) is 30.3 Å². The lowest BCUT2D eigenvalue weighted by Crippen LogP contribution is -2.39. The molecule has 0 radical (unpaired) electrons. The fourth-order valence-electron chi connectivity index (χ4n) is 2.17. The van der Waals surface area contributed by atoms with Crippen LogP contribution in [0.1, 0.15) is 17.0 Å². The third-order valence-corrected chi connectivity index (χ3v) is 3.11. The van der Waals surface area contributed by atoms with Crippen LogP contribution in [0.2, 0.25) is 0 Å². The molecule has 0 fully saturated rings. The fourth-order valence-corrected chi connectivity index (χ4v) is 2.17. The van der Waals surface area contributed by atoms with Crippen molar-refractivity contribution in [1.29, 1.82) is 5.41 Å². The summed E-state index contributed by atoms with van der Waals surface area (Å²) in [5.41, 5.74) is 6.72. The number of halogens is 2. The Morgan fingerprint density at radius 3 is 2.45 bits per heavy atom. The van der Waals surface area contributed by atoms with Crippen LogP contribution in [-0.2, 0) is 11.2 Å². The van der Waals surface area contributed by atoms with Gasteiger partial charge in [-0.05, 0) is 29.7 Å². The van der Waals surface area contributed by atoms with Gasteiger partial charge in [0.2, 0.25) is 5.91 Å². The van der Waals surface area contributed by atoms with E-state index in [1.54, 1.807) is 12.1 Å². The summed E-state index contributed by atoms with van der Waals surface area (Å²) in [6.07, 6.45) is 0.334. The molecule has 2 aromatic carbocycles. The predicted octanol–water partition coefficient (Wildman–Crippen LogP) is 2.58. The third-order valence-electron chi connectivity index (χ3n) is 3.11. The largest absolute Gasteiger partial charge is 0.370 e. The molecule has 2 rings (SSSR count). The molecule has 22 heavy (non-hydrogen) atoms. The molecule has 0 spiro atoms.